The molecule has 2 unspecified atom stereocenters. The molecule has 0 aliphatic heterocycles. The predicted octanol–water partition coefficient (Wildman–Crippen LogP) is 4.22. The van der Waals surface area contributed by atoms with Crippen molar-refractivity contribution in [1.82, 2.24) is 0 Å². The topological polar surface area (TPSA) is 29.5 Å². The molecule has 0 heterocycles. The van der Waals surface area contributed by atoms with Crippen molar-refractivity contribution in [2.24, 2.45) is 11.3 Å². The molecule has 0 aromatic heterocycles. The molecule has 0 bridgehead atoms. The SMILES string of the molecule is C[SiH](C)OC(c1ccccc1C(O)C1CC1)C(C)(C)C. The third-order valence-electron chi connectivity index (χ3n) is 3.86. The van der Waals surface area contributed by atoms with Gasteiger partial charge in [0.05, 0.1) is 12.2 Å². The maximum absolute atomic E-state index is 10.5. The second kappa shape index (κ2) is 6.00. The van der Waals surface area contributed by atoms with Gasteiger partial charge >= 0.3 is 0 Å². The van der Waals surface area contributed by atoms with Crippen LogP contribution in [0.3, 0.4) is 0 Å². The highest BCUT2D eigenvalue weighted by atomic mass is 28.3. The maximum atomic E-state index is 10.5. The summed E-state index contributed by atoms with van der Waals surface area (Å²) in [5, 5.41) is 10.5. The maximum Gasteiger partial charge on any atom is 0.171 e. The van der Waals surface area contributed by atoms with Gasteiger partial charge in [-0.05, 0) is 48.4 Å². The molecule has 3 heteroatoms. The smallest absolute Gasteiger partial charge is 0.171 e. The van der Waals surface area contributed by atoms with E-state index < -0.39 is 9.04 Å². The Morgan fingerprint density at radius 3 is 2.15 bits per heavy atom. The first kappa shape index (κ1) is 15.7. The molecular weight excluding hydrogens is 264 g/mol. The fourth-order valence-corrected chi connectivity index (χ4v) is 3.80. The summed E-state index contributed by atoms with van der Waals surface area (Å²) in [5.74, 6) is 0.452. The third kappa shape index (κ3) is 3.71. The molecule has 0 amide bonds. The van der Waals surface area contributed by atoms with Gasteiger partial charge in [0.2, 0.25) is 0 Å². The van der Waals surface area contributed by atoms with E-state index >= 15 is 0 Å². The molecule has 1 aliphatic rings. The molecule has 1 aliphatic carbocycles. The summed E-state index contributed by atoms with van der Waals surface area (Å²) in [6.45, 7) is 11.1. The molecule has 2 rings (SSSR count). The van der Waals surface area contributed by atoms with Crippen LogP contribution in [-0.4, -0.2) is 14.1 Å². The van der Waals surface area contributed by atoms with Crippen LogP contribution >= 0.6 is 0 Å². The van der Waals surface area contributed by atoms with E-state index in [1.807, 2.05) is 6.07 Å². The van der Waals surface area contributed by atoms with Crippen molar-refractivity contribution in [3.05, 3.63) is 35.4 Å². The van der Waals surface area contributed by atoms with E-state index in [1.54, 1.807) is 0 Å². The van der Waals surface area contributed by atoms with Crippen LogP contribution in [0.4, 0.5) is 0 Å². The molecule has 1 saturated carbocycles. The Morgan fingerprint density at radius 2 is 1.70 bits per heavy atom. The van der Waals surface area contributed by atoms with Crippen molar-refractivity contribution in [3.8, 4) is 0 Å². The molecular formula is C17H28O2Si. The Balaban J connectivity index is 2.37. The lowest BCUT2D eigenvalue weighted by Crippen LogP contribution is -2.27. The van der Waals surface area contributed by atoms with Crippen LogP contribution < -0.4 is 0 Å². The second-order valence-corrected chi connectivity index (χ2v) is 9.71. The average molecular weight is 292 g/mol. The number of rotatable bonds is 5. The van der Waals surface area contributed by atoms with E-state index in [-0.39, 0.29) is 17.6 Å². The highest BCUT2D eigenvalue weighted by Gasteiger charge is 2.35. The van der Waals surface area contributed by atoms with Crippen molar-refractivity contribution in [3.63, 3.8) is 0 Å². The van der Waals surface area contributed by atoms with Gasteiger partial charge in [-0.25, -0.2) is 0 Å². The quantitative estimate of drug-likeness (QED) is 0.823. The van der Waals surface area contributed by atoms with E-state index in [4.69, 9.17) is 4.43 Å². The van der Waals surface area contributed by atoms with Gasteiger partial charge in [-0.3, -0.25) is 0 Å². The fraction of sp³-hybridized carbons (Fsp3) is 0.647. The summed E-state index contributed by atoms with van der Waals surface area (Å²) in [6, 6.07) is 8.29. The molecule has 2 nitrogen and oxygen atoms in total. The molecule has 0 radical (unpaired) electrons. The van der Waals surface area contributed by atoms with Gasteiger partial charge < -0.3 is 9.53 Å². The standard InChI is InChI=1S/C17H28O2Si/c1-17(2,3)16(19-20(4)5)14-9-7-6-8-13(14)15(18)12-10-11-12/h6-9,12,15-16,18,20H,10-11H2,1-5H3. The summed E-state index contributed by atoms with van der Waals surface area (Å²) in [7, 11) is -1.14. The molecule has 1 fully saturated rings. The van der Waals surface area contributed by atoms with E-state index in [0.29, 0.717) is 5.92 Å². The van der Waals surface area contributed by atoms with Gasteiger partial charge in [0.1, 0.15) is 0 Å². The first-order valence-electron chi connectivity index (χ1n) is 7.73. The normalized spacial score (nSPS) is 19.1. The zero-order valence-corrected chi connectivity index (χ0v) is 14.5. The second-order valence-electron chi connectivity index (χ2n) is 7.34. The largest absolute Gasteiger partial charge is 0.413 e. The first-order chi connectivity index (χ1) is 9.30. The van der Waals surface area contributed by atoms with Gasteiger partial charge in [0, 0.05) is 0 Å². The molecule has 0 spiro atoms. The van der Waals surface area contributed by atoms with Gasteiger partial charge in [0.15, 0.2) is 9.04 Å². The minimum absolute atomic E-state index is 0.0383. The fourth-order valence-electron chi connectivity index (χ4n) is 2.70. The lowest BCUT2D eigenvalue weighted by Gasteiger charge is -2.35. The van der Waals surface area contributed by atoms with Crippen LogP contribution in [0.1, 0.15) is 56.9 Å². The number of aliphatic hydroxyl groups excluding tert-OH is 1. The molecule has 20 heavy (non-hydrogen) atoms. The summed E-state index contributed by atoms with van der Waals surface area (Å²) >= 11 is 0. The Labute approximate surface area is 124 Å². The molecule has 0 saturated heterocycles. The van der Waals surface area contributed by atoms with Crippen LogP contribution in [0.25, 0.3) is 0 Å². The van der Waals surface area contributed by atoms with Crippen molar-refractivity contribution in [1.29, 1.82) is 0 Å². The Morgan fingerprint density at radius 1 is 1.15 bits per heavy atom. The summed E-state index contributed by atoms with van der Waals surface area (Å²) in [5.41, 5.74) is 2.29. The number of aliphatic hydroxyl groups is 1. The minimum atomic E-state index is -1.14. The van der Waals surface area contributed by atoms with Crippen LogP contribution in [0, 0.1) is 11.3 Å². The minimum Gasteiger partial charge on any atom is -0.413 e. The third-order valence-corrected chi connectivity index (χ3v) is 4.68. The Hall–Kier alpha value is -0.643. The van der Waals surface area contributed by atoms with Crippen molar-refractivity contribution < 1.29 is 9.53 Å². The monoisotopic (exact) mass is 292 g/mol. The highest BCUT2D eigenvalue weighted by molar-refractivity contribution is 6.48. The molecule has 112 valence electrons. The van der Waals surface area contributed by atoms with Crippen LogP contribution in [0.15, 0.2) is 24.3 Å². The average Bonchev–Trinajstić information content (AvgIpc) is 3.18. The van der Waals surface area contributed by atoms with Gasteiger partial charge in [0.25, 0.3) is 0 Å². The number of hydrogen-bond donors (Lipinski definition) is 1. The van der Waals surface area contributed by atoms with Gasteiger partial charge in [-0.2, -0.15) is 0 Å². The van der Waals surface area contributed by atoms with Crippen LogP contribution in [0.2, 0.25) is 13.1 Å². The van der Waals surface area contributed by atoms with E-state index in [2.05, 4.69) is 52.1 Å². The van der Waals surface area contributed by atoms with Crippen LogP contribution in [0.5, 0.6) is 0 Å². The Kier molecular flexibility index (Phi) is 4.72. The highest BCUT2D eigenvalue weighted by Crippen LogP contribution is 2.45. The number of hydrogen-bond acceptors (Lipinski definition) is 2. The predicted molar refractivity (Wildman–Crippen MR) is 86.3 cm³/mol. The first-order valence-corrected chi connectivity index (χ1v) is 10.5. The molecule has 2 atom stereocenters. The molecule has 1 N–H and O–H groups in total. The number of benzene rings is 1. The van der Waals surface area contributed by atoms with E-state index in [1.165, 1.54) is 5.56 Å². The van der Waals surface area contributed by atoms with Crippen molar-refractivity contribution >= 4 is 9.04 Å². The Bertz CT molecular complexity index is 447. The summed E-state index contributed by atoms with van der Waals surface area (Å²) in [6.07, 6.45) is 2.04. The molecule has 1 aromatic rings. The van der Waals surface area contributed by atoms with E-state index in [0.717, 1.165) is 18.4 Å². The zero-order valence-electron chi connectivity index (χ0n) is 13.4. The van der Waals surface area contributed by atoms with Gasteiger partial charge in [-0.1, -0.05) is 45.0 Å². The lowest BCUT2D eigenvalue weighted by atomic mass is 9.82. The van der Waals surface area contributed by atoms with Gasteiger partial charge in [-0.15, -0.1) is 0 Å². The van der Waals surface area contributed by atoms with Crippen molar-refractivity contribution in [2.75, 3.05) is 0 Å². The van der Waals surface area contributed by atoms with Crippen LogP contribution in [-0.2, 0) is 4.43 Å². The summed E-state index contributed by atoms with van der Waals surface area (Å²) in [4.78, 5) is 0. The molecule has 1 aromatic carbocycles. The van der Waals surface area contributed by atoms with Crippen molar-refractivity contribution in [2.45, 2.75) is 58.9 Å². The summed E-state index contributed by atoms with van der Waals surface area (Å²) < 4.78 is 6.32. The van der Waals surface area contributed by atoms with E-state index in [9.17, 15) is 5.11 Å². The lowest BCUT2D eigenvalue weighted by molar-refractivity contribution is 0.0800. The zero-order chi connectivity index (χ0) is 14.9.